The summed E-state index contributed by atoms with van der Waals surface area (Å²) in [6.07, 6.45) is -2.38. The third-order valence-corrected chi connectivity index (χ3v) is 5.77. The fourth-order valence-electron chi connectivity index (χ4n) is 2.94. The zero-order valence-corrected chi connectivity index (χ0v) is 17.2. The molecule has 0 unspecified atom stereocenters. The van der Waals surface area contributed by atoms with Crippen LogP contribution in [0.1, 0.15) is 11.1 Å². The van der Waals surface area contributed by atoms with Crippen molar-refractivity contribution in [2.45, 2.75) is 17.1 Å². The molecule has 0 saturated carbocycles. The highest BCUT2D eigenvalue weighted by molar-refractivity contribution is 7.98. The SMILES string of the molecule is FC(F)(F)c1ccc(CSc2nc(-c3ccccc3)cn2-c2ccc(Cl)cc2)cc1. The van der Waals surface area contributed by atoms with Crippen LogP contribution in [0.2, 0.25) is 5.02 Å². The Bertz CT molecular complexity index is 1120. The van der Waals surface area contributed by atoms with Gasteiger partial charge in [-0.3, -0.25) is 4.57 Å². The van der Waals surface area contributed by atoms with Crippen molar-refractivity contribution in [3.8, 4) is 16.9 Å². The maximum absolute atomic E-state index is 12.8. The lowest BCUT2D eigenvalue weighted by molar-refractivity contribution is -0.137. The van der Waals surface area contributed by atoms with Crippen LogP contribution in [0.5, 0.6) is 0 Å². The molecular formula is C23H16ClF3N2S. The Balaban J connectivity index is 1.62. The molecule has 0 aliphatic carbocycles. The highest BCUT2D eigenvalue weighted by atomic mass is 35.5. The molecule has 30 heavy (non-hydrogen) atoms. The van der Waals surface area contributed by atoms with Gasteiger partial charge in [0.2, 0.25) is 0 Å². The Morgan fingerprint density at radius 3 is 2.17 bits per heavy atom. The van der Waals surface area contributed by atoms with Crippen molar-refractivity contribution in [1.82, 2.24) is 9.55 Å². The second-order valence-corrected chi connectivity index (χ2v) is 7.98. The lowest BCUT2D eigenvalue weighted by atomic mass is 10.1. The van der Waals surface area contributed by atoms with Gasteiger partial charge in [-0.25, -0.2) is 4.98 Å². The summed E-state index contributed by atoms with van der Waals surface area (Å²) in [6.45, 7) is 0. The van der Waals surface area contributed by atoms with Crippen LogP contribution in [0.3, 0.4) is 0 Å². The van der Waals surface area contributed by atoms with E-state index in [-0.39, 0.29) is 0 Å². The number of rotatable bonds is 5. The minimum absolute atomic E-state index is 0.497. The Hall–Kier alpha value is -2.70. The van der Waals surface area contributed by atoms with Crippen LogP contribution < -0.4 is 0 Å². The summed E-state index contributed by atoms with van der Waals surface area (Å²) < 4.78 is 40.3. The number of thioether (sulfide) groups is 1. The van der Waals surface area contributed by atoms with Crippen molar-refractivity contribution in [1.29, 1.82) is 0 Å². The van der Waals surface area contributed by atoms with Crippen molar-refractivity contribution in [2.75, 3.05) is 0 Å². The second kappa shape index (κ2) is 8.58. The molecule has 0 bridgehead atoms. The molecule has 0 amide bonds. The molecule has 0 aliphatic heterocycles. The van der Waals surface area contributed by atoms with Gasteiger partial charge in [-0.1, -0.05) is 65.8 Å². The van der Waals surface area contributed by atoms with E-state index in [1.54, 1.807) is 0 Å². The topological polar surface area (TPSA) is 17.8 Å². The van der Waals surface area contributed by atoms with E-state index in [1.165, 1.54) is 23.9 Å². The van der Waals surface area contributed by atoms with E-state index in [0.29, 0.717) is 10.8 Å². The van der Waals surface area contributed by atoms with Crippen LogP contribution in [-0.4, -0.2) is 9.55 Å². The first-order chi connectivity index (χ1) is 14.4. The Morgan fingerprint density at radius 1 is 0.867 bits per heavy atom. The Morgan fingerprint density at radius 2 is 1.53 bits per heavy atom. The molecule has 0 aliphatic rings. The number of benzene rings is 3. The summed E-state index contributed by atoms with van der Waals surface area (Å²) in [4.78, 5) is 4.76. The lowest BCUT2D eigenvalue weighted by Crippen LogP contribution is -2.04. The van der Waals surface area contributed by atoms with Gasteiger partial charge in [0.25, 0.3) is 0 Å². The molecule has 0 saturated heterocycles. The number of aromatic nitrogens is 2. The number of imidazole rings is 1. The van der Waals surface area contributed by atoms with Gasteiger partial charge in [0.15, 0.2) is 5.16 Å². The van der Waals surface area contributed by atoms with E-state index in [9.17, 15) is 13.2 Å². The molecule has 1 aromatic heterocycles. The maximum atomic E-state index is 12.8. The van der Waals surface area contributed by atoms with Crippen LogP contribution in [0.25, 0.3) is 16.9 Å². The minimum Gasteiger partial charge on any atom is -0.294 e. The number of alkyl halides is 3. The molecular weight excluding hydrogens is 429 g/mol. The molecule has 1 heterocycles. The van der Waals surface area contributed by atoms with Gasteiger partial charge in [0.05, 0.1) is 11.3 Å². The molecule has 0 spiro atoms. The minimum atomic E-state index is -4.33. The van der Waals surface area contributed by atoms with Gasteiger partial charge in [-0.15, -0.1) is 0 Å². The first-order valence-electron chi connectivity index (χ1n) is 9.10. The Labute approximate surface area is 181 Å². The van der Waals surface area contributed by atoms with Crippen molar-refractivity contribution < 1.29 is 13.2 Å². The van der Waals surface area contributed by atoms with Crippen LogP contribution >= 0.6 is 23.4 Å². The molecule has 0 radical (unpaired) electrons. The predicted octanol–water partition coefficient (Wildman–Crippen LogP) is 7.50. The van der Waals surface area contributed by atoms with E-state index in [2.05, 4.69) is 0 Å². The largest absolute Gasteiger partial charge is 0.416 e. The summed E-state index contributed by atoms with van der Waals surface area (Å²) >= 11 is 7.48. The van der Waals surface area contributed by atoms with Crippen molar-refractivity contribution in [3.63, 3.8) is 0 Å². The third-order valence-electron chi connectivity index (χ3n) is 4.50. The highest BCUT2D eigenvalue weighted by Crippen LogP contribution is 2.32. The van der Waals surface area contributed by atoms with E-state index >= 15 is 0 Å². The van der Waals surface area contributed by atoms with Gasteiger partial charge in [-0.05, 0) is 42.0 Å². The standard InChI is InChI=1S/C23H16ClF3N2S/c24-19-10-12-20(13-11-19)29-14-21(17-4-2-1-3-5-17)28-22(29)30-15-16-6-8-18(9-7-16)23(25,26)27/h1-14H,15H2. The van der Waals surface area contributed by atoms with Crippen molar-refractivity contribution in [3.05, 3.63) is 101 Å². The van der Waals surface area contributed by atoms with Crippen LogP contribution in [0.15, 0.2) is 90.2 Å². The molecule has 2 nitrogen and oxygen atoms in total. The normalized spacial score (nSPS) is 11.6. The van der Waals surface area contributed by atoms with E-state index in [0.717, 1.165) is 39.8 Å². The van der Waals surface area contributed by atoms with E-state index < -0.39 is 11.7 Å². The first kappa shape index (κ1) is 20.6. The van der Waals surface area contributed by atoms with E-state index in [4.69, 9.17) is 16.6 Å². The van der Waals surface area contributed by atoms with Crippen LogP contribution in [0, 0.1) is 0 Å². The summed E-state index contributed by atoms with van der Waals surface area (Å²) in [6, 6.07) is 22.5. The molecule has 0 atom stereocenters. The fraction of sp³-hybridized carbons (Fsp3) is 0.0870. The van der Waals surface area contributed by atoms with Gasteiger partial charge in [0.1, 0.15) is 0 Å². The number of nitrogens with zero attached hydrogens (tertiary/aromatic N) is 2. The molecule has 0 N–H and O–H groups in total. The molecule has 4 rings (SSSR count). The number of halogens is 4. The van der Waals surface area contributed by atoms with Gasteiger partial charge in [-0.2, -0.15) is 13.2 Å². The van der Waals surface area contributed by atoms with Crippen molar-refractivity contribution in [2.24, 2.45) is 0 Å². The van der Waals surface area contributed by atoms with Crippen molar-refractivity contribution >= 4 is 23.4 Å². The summed E-state index contributed by atoms with van der Waals surface area (Å²) in [5.74, 6) is 0.497. The molecule has 3 aromatic carbocycles. The quantitative estimate of drug-likeness (QED) is 0.296. The highest BCUT2D eigenvalue weighted by Gasteiger charge is 2.29. The fourth-order valence-corrected chi connectivity index (χ4v) is 4.01. The average Bonchev–Trinajstić information content (AvgIpc) is 3.17. The molecule has 4 aromatic rings. The maximum Gasteiger partial charge on any atom is 0.416 e. The van der Waals surface area contributed by atoms with Crippen LogP contribution in [-0.2, 0) is 11.9 Å². The molecule has 0 fully saturated rings. The first-order valence-corrected chi connectivity index (χ1v) is 10.5. The average molecular weight is 445 g/mol. The second-order valence-electron chi connectivity index (χ2n) is 6.60. The van der Waals surface area contributed by atoms with Gasteiger partial charge < -0.3 is 0 Å². The van der Waals surface area contributed by atoms with Gasteiger partial charge in [0, 0.05) is 28.2 Å². The van der Waals surface area contributed by atoms with Gasteiger partial charge >= 0.3 is 6.18 Å². The van der Waals surface area contributed by atoms with Crippen LogP contribution in [0.4, 0.5) is 13.2 Å². The summed E-state index contributed by atoms with van der Waals surface area (Å²) in [5, 5.41) is 1.39. The lowest BCUT2D eigenvalue weighted by Gasteiger charge is -2.09. The van der Waals surface area contributed by atoms with E-state index in [1.807, 2.05) is 65.4 Å². The number of hydrogen-bond acceptors (Lipinski definition) is 2. The predicted molar refractivity (Wildman–Crippen MR) is 115 cm³/mol. The monoisotopic (exact) mass is 444 g/mol. The third kappa shape index (κ3) is 4.71. The Kier molecular flexibility index (Phi) is 5.88. The zero-order valence-electron chi connectivity index (χ0n) is 15.6. The summed E-state index contributed by atoms with van der Waals surface area (Å²) in [5.41, 5.74) is 2.86. The molecule has 152 valence electrons. The zero-order chi connectivity index (χ0) is 21.1. The summed E-state index contributed by atoms with van der Waals surface area (Å²) in [7, 11) is 0. The molecule has 7 heteroatoms. The smallest absolute Gasteiger partial charge is 0.294 e. The number of hydrogen-bond donors (Lipinski definition) is 0.